The number of fused-ring (bicyclic) bond motifs is 1. The highest BCUT2D eigenvalue weighted by atomic mass is 35.5. The molecule has 1 N–H and O–H groups in total. The van der Waals surface area contributed by atoms with Gasteiger partial charge in [0.05, 0.1) is 0 Å². The highest BCUT2D eigenvalue weighted by Gasteiger charge is 2.21. The third-order valence-corrected chi connectivity index (χ3v) is 4.08. The number of nitrogens with one attached hydrogen (secondary N) is 1. The van der Waals surface area contributed by atoms with E-state index < -0.39 is 0 Å². The summed E-state index contributed by atoms with van der Waals surface area (Å²) in [4.78, 5) is 0. The van der Waals surface area contributed by atoms with Crippen molar-refractivity contribution in [3.05, 3.63) is 63.7 Å². The average Bonchev–Trinajstić information content (AvgIpc) is 2.74. The second-order valence-electron chi connectivity index (χ2n) is 5.48. The van der Waals surface area contributed by atoms with Gasteiger partial charge in [-0.15, -0.1) is 0 Å². The number of benzene rings is 2. The molecular weight excluding hydrogens is 254 g/mol. The lowest BCUT2D eigenvalue weighted by Crippen LogP contribution is -2.20. The molecule has 2 aromatic rings. The Balaban J connectivity index is 1.77. The van der Waals surface area contributed by atoms with Gasteiger partial charge in [-0.1, -0.05) is 35.4 Å². The van der Waals surface area contributed by atoms with Crippen molar-refractivity contribution in [2.45, 2.75) is 32.7 Å². The summed E-state index contributed by atoms with van der Waals surface area (Å²) in [5.41, 5.74) is 6.68. The van der Waals surface area contributed by atoms with Crippen molar-refractivity contribution in [2.75, 3.05) is 5.32 Å². The number of hydrogen-bond donors (Lipinski definition) is 1. The summed E-state index contributed by atoms with van der Waals surface area (Å²) < 4.78 is 0. The minimum absolute atomic E-state index is 0.481. The predicted octanol–water partition coefficient (Wildman–Crippen LogP) is 4.54. The second kappa shape index (κ2) is 4.90. The first-order chi connectivity index (χ1) is 9.11. The Hall–Kier alpha value is -1.47. The highest BCUT2D eigenvalue weighted by molar-refractivity contribution is 6.30. The summed E-state index contributed by atoms with van der Waals surface area (Å²) in [6.07, 6.45) is 2.14. The maximum absolute atomic E-state index is 6.05. The third-order valence-electron chi connectivity index (χ3n) is 3.84. The monoisotopic (exact) mass is 271 g/mol. The smallest absolute Gasteiger partial charge is 0.0408 e. The van der Waals surface area contributed by atoms with Crippen molar-refractivity contribution in [3.8, 4) is 0 Å². The number of rotatable bonds is 2. The molecule has 1 nitrogen and oxygen atoms in total. The summed E-state index contributed by atoms with van der Waals surface area (Å²) >= 11 is 6.05. The van der Waals surface area contributed by atoms with Gasteiger partial charge in [-0.05, 0) is 61.6 Å². The van der Waals surface area contributed by atoms with Gasteiger partial charge >= 0.3 is 0 Å². The predicted molar refractivity (Wildman–Crippen MR) is 82.2 cm³/mol. The fourth-order valence-electron chi connectivity index (χ4n) is 2.88. The molecule has 1 aliphatic rings. The van der Waals surface area contributed by atoms with E-state index >= 15 is 0 Å². The molecule has 0 spiro atoms. The van der Waals surface area contributed by atoms with Crippen LogP contribution in [0.3, 0.4) is 0 Å². The second-order valence-corrected chi connectivity index (χ2v) is 5.92. The first-order valence-corrected chi connectivity index (χ1v) is 7.11. The van der Waals surface area contributed by atoms with Crippen molar-refractivity contribution in [1.29, 1.82) is 0 Å². The van der Waals surface area contributed by atoms with Gasteiger partial charge in [0, 0.05) is 16.8 Å². The van der Waals surface area contributed by atoms with Gasteiger partial charge in [0.2, 0.25) is 0 Å². The molecule has 0 aliphatic heterocycles. The largest absolute Gasteiger partial charge is 0.381 e. The van der Waals surface area contributed by atoms with Crippen LogP contribution in [0.25, 0.3) is 0 Å². The Bertz CT molecular complexity index is 619. The fraction of sp³-hybridized carbons (Fsp3) is 0.294. The summed E-state index contributed by atoms with van der Waals surface area (Å²) in [5.74, 6) is 0. The van der Waals surface area contributed by atoms with Crippen molar-refractivity contribution in [1.82, 2.24) is 0 Å². The van der Waals surface area contributed by atoms with Gasteiger partial charge in [-0.25, -0.2) is 0 Å². The van der Waals surface area contributed by atoms with E-state index in [9.17, 15) is 0 Å². The molecule has 1 aliphatic carbocycles. The van der Waals surface area contributed by atoms with Crippen LogP contribution in [0.4, 0.5) is 5.69 Å². The zero-order valence-electron chi connectivity index (χ0n) is 11.3. The van der Waals surface area contributed by atoms with Gasteiger partial charge in [0.25, 0.3) is 0 Å². The number of hydrogen-bond acceptors (Lipinski definition) is 1. The molecule has 0 aromatic heterocycles. The molecule has 3 rings (SSSR count). The first kappa shape index (κ1) is 12.6. The Morgan fingerprint density at radius 1 is 1.00 bits per heavy atom. The summed E-state index contributed by atoms with van der Waals surface area (Å²) in [5, 5.41) is 4.50. The van der Waals surface area contributed by atoms with Crippen LogP contribution < -0.4 is 5.32 Å². The maximum Gasteiger partial charge on any atom is 0.0408 e. The normalized spacial score (nSPS) is 17.3. The SMILES string of the molecule is Cc1ccc(NC2Cc3ccc(Cl)cc3C2)c(C)c1. The number of anilines is 1. The Morgan fingerprint density at radius 2 is 1.79 bits per heavy atom. The van der Waals surface area contributed by atoms with Gasteiger partial charge in [-0.2, -0.15) is 0 Å². The average molecular weight is 272 g/mol. The van der Waals surface area contributed by atoms with Crippen LogP contribution in [0.15, 0.2) is 36.4 Å². The van der Waals surface area contributed by atoms with Crippen LogP contribution in [-0.4, -0.2) is 6.04 Å². The quantitative estimate of drug-likeness (QED) is 0.846. The molecule has 19 heavy (non-hydrogen) atoms. The summed E-state index contributed by atoms with van der Waals surface area (Å²) in [6.45, 7) is 4.29. The standard InChI is InChI=1S/C17H18ClN/c1-11-3-6-17(12(2)7-11)19-16-9-13-4-5-15(18)8-14(13)10-16/h3-8,16,19H,9-10H2,1-2H3. The minimum Gasteiger partial charge on any atom is -0.381 e. The first-order valence-electron chi connectivity index (χ1n) is 6.73. The molecule has 1 atom stereocenters. The topological polar surface area (TPSA) is 12.0 Å². The van der Waals surface area contributed by atoms with E-state index in [1.165, 1.54) is 27.9 Å². The van der Waals surface area contributed by atoms with Crippen molar-refractivity contribution in [3.63, 3.8) is 0 Å². The van der Waals surface area contributed by atoms with Gasteiger partial charge < -0.3 is 5.32 Å². The zero-order valence-corrected chi connectivity index (χ0v) is 12.1. The third kappa shape index (κ3) is 2.62. The van der Waals surface area contributed by atoms with E-state index in [4.69, 9.17) is 11.6 Å². The maximum atomic E-state index is 6.05. The Morgan fingerprint density at radius 3 is 2.58 bits per heavy atom. The molecule has 0 bridgehead atoms. The number of halogens is 1. The lowest BCUT2D eigenvalue weighted by Gasteiger charge is -2.16. The molecule has 2 aromatic carbocycles. The molecule has 1 unspecified atom stereocenters. The van der Waals surface area contributed by atoms with E-state index in [2.05, 4.69) is 49.5 Å². The molecular formula is C17H18ClN. The molecule has 0 fully saturated rings. The van der Waals surface area contributed by atoms with Crippen molar-refractivity contribution >= 4 is 17.3 Å². The van der Waals surface area contributed by atoms with Crippen LogP contribution in [0.5, 0.6) is 0 Å². The molecule has 0 heterocycles. The molecule has 0 saturated carbocycles. The molecule has 0 saturated heterocycles. The van der Waals surface area contributed by atoms with Crippen LogP contribution in [-0.2, 0) is 12.8 Å². The van der Waals surface area contributed by atoms with Gasteiger partial charge in [0.1, 0.15) is 0 Å². The molecule has 0 amide bonds. The Kier molecular flexibility index (Phi) is 3.24. The highest BCUT2D eigenvalue weighted by Crippen LogP contribution is 2.28. The summed E-state index contributed by atoms with van der Waals surface area (Å²) in [7, 11) is 0. The van der Waals surface area contributed by atoms with Crippen LogP contribution >= 0.6 is 11.6 Å². The summed E-state index contributed by atoms with van der Waals surface area (Å²) in [6, 6.07) is 13.3. The fourth-order valence-corrected chi connectivity index (χ4v) is 3.08. The van der Waals surface area contributed by atoms with E-state index in [0.29, 0.717) is 6.04 Å². The van der Waals surface area contributed by atoms with Crippen molar-refractivity contribution < 1.29 is 0 Å². The molecule has 98 valence electrons. The van der Waals surface area contributed by atoms with E-state index in [-0.39, 0.29) is 0 Å². The lowest BCUT2D eigenvalue weighted by atomic mass is 10.1. The van der Waals surface area contributed by atoms with Gasteiger partial charge in [0.15, 0.2) is 0 Å². The lowest BCUT2D eigenvalue weighted by molar-refractivity contribution is 0.773. The van der Waals surface area contributed by atoms with E-state index in [1.807, 2.05) is 6.07 Å². The van der Waals surface area contributed by atoms with Crippen LogP contribution in [0.1, 0.15) is 22.3 Å². The van der Waals surface area contributed by atoms with E-state index in [0.717, 1.165) is 17.9 Å². The van der Waals surface area contributed by atoms with Crippen LogP contribution in [0, 0.1) is 13.8 Å². The number of aryl methyl sites for hydroxylation is 2. The van der Waals surface area contributed by atoms with Crippen molar-refractivity contribution in [2.24, 2.45) is 0 Å². The Labute approximate surface area is 119 Å². The minimum atomic E-state index is 0.481. The zero-order chi connectivity index (χ0) is 13.4. The van der Waals surface area contributed by atoms with E-state index in [1.54, 1.807) is 0 Å². The van der Waals surface area contributed by atoms with Crippen LogP contribution in [0.2, 0.25) is 5.02 Å². The van der Waals surface area contributed by atoms with Gasteiger partial charge in [-0.3, -0.25) is 0 Å². The molecule has 0 radical (unpaired) electrons. The molecule has 2 heteroatoms.